The molecule has 0 amide bonds. The van der Waals surface area contributed by atoms with Gasteiger partial charge in [-0.25, -0.2) is 18.5 Å². The Morgan fingerprint density at radius 2 is 2.16 bits per heavy atom. The summed E-state index contributed by atoms with van der Waals surface area (Å²) in [7, 11) is -0.105. The van der Waals surface area contributed by atoms with E-state index in [1.807, 2.05) is 12.3 Å². The first-order valence-corrected chi connectivity index (χ1v) is 13.0. The molecule has 0 spiro atoms. The molecular weight excluding hydrogens is 410 g/mol. The number of aromatic nitrogens is 3. The van der Waals surface area contributed by atoms with E-state index in [1.165, 1.54) is 0 Å². The van der Waals surface area contributed by atoms with E-state index in [9.17, 15) is 4.21 Å². The molecule has 2 N–H and O–H groups in total. The first-order chi connectivity index (χ1) is 15.1. The van der Waals surface area contributed by atoms with Gasteiger partial charge < -0.3 is 15.3 Å². The first kappa shape index (κ1) is 23.2. The molecule has 0 aromatic carbocycles. The van der Waals surface area contributed by atoms with Crippen molar-refractivity contribution in [1.82, 2.24) is 20.4 Å². The Bertz CT molecular complexity index is 985. The van der Waals surface area contributed by atoms with Crippen molar-refractivity contribution in [3.8, 4) is 0 Å². The lowest BCUT2D eigenvalue weighted by Crippen LogP contribution is -2.37. The van der Waals surface area contributed by atoms with Crippen LogP contribution in [0.3, 0.4) is 0 Å². The number of hydrogen-bond donors (Lipinski definition) is 2. The van der Waals surface area contributed by atoms with Crippen molar-refractivity contribution in [3.63, 3.8) is 0 Å². The maximum absolute atomic E-state index is 13.5. The molecule has 0 aliphatic heterocycles. The zero-order valence-corrected chi connectivity index (χ0v) is 19.5. The van der Waals surface area contributed by atoms with Gasteiger partial charge in [0.25, 0.3) is 0 Å². The minimum atomic E-state index is -2.22. The molecule has 0 bridgehead atoms. The fourth-order valence-corrected chi connectivity index (χ4v) is 6.61. The first-order valence-electron chi connectivity index (χ1n) is 11.1. The Morgan fingerprint density at radius 3 is 2.90 bits per heavy atom. The Hall–Kier alpha value is -2.42. The van der Waals surface area contributed by atoms with Gasteiger partial charge >= 0.3 is 0 Å². The van der Waals surface area contributed by atoms with Crippen molar-refractivity contribution >= 4 is 32.8 Å². The van der Waals surface area contributed by atoms with Crippen molar-refractivity contribution in [1.29, 1.82) is 0 Å². The van der Waals surface area contributed by atoms with Gasteiger partial charge in [-0.15, -0.1) is 0 Å². The van der Waals surface area contributed by atoms with Crippen LogP contribution >= 0.6 is 0 Å². The van der Waals surface area contributed by atoms with E-state index >= 15 is 0 Å². The summed E-state index contributed by atoms with van der Waals surface area (Å²) in [6.07, 6.45) is 11.9. The normalized spacial score (nSPS) is 21.1. The molecule has 2 aromatic rings. The predicted octanol–water partition coefficient (Wildman–Crippen LogP) is 3.59. The highest BCUT2D eigenvalue weighted by Gasteiger charge is 2.28. The lowest BCUT2D eigenvalue weighted by Gasteiger charge is -2.35. The number of H-pyrrole nitrogens is 1. The quantitative estimate of drug-likeness (QED) is 0.313. The predicted molar refractivity (Wildman–Crippen MR) is 130 cm³/mol. The standard InChI is InChI=1S/C22H35N7OS/c1-4-11-26-27-14-15-31(30,28-12-5-2)16-18-6-8-19(9-7-18)29(3)22-20-10-13-23-21(20)24-17-25-22/h4,10-11,13,17-19,27H,1,5-9,12,14-16H2,2-3H3,(H,23,24,25)/b26-11-. The highest BCUT2D eigenvalue weighted by Crippen LogP contribution is 2.32. The number of fused-ring (bicyclic) bond motifs is 1. The summed E-state index contributed by atoms with van der Waals surface area (Å²) in [6.45, 7) is 6.90. The van der Waals surface area contributed by atoms with Crippen molar-refractivity contribution < 1.29 is 4.21 Å². The fraction of sp³-hybridized carbons (Fsp3) is 0.591. The Kier molecular flexibility index (Phi) is 8.45. The molecule has 1 aliphatic rings. The van der Waals surface area contributed by atoms with Crippen molar-refractivity contribution in [2.45, 2.75) is 45.1 Å². The Morgan fingerprint density at radius 1 is 1.35 bits per heavy atom. The molecule has 3 rings (SSSR count). The molecular formula is C22H35N7OS. The third kappa shape index (κ3) is 6.29. The molecule has 1 atom stereocenters. The average molecular weight is 446 g/mol. The van der Waals surface area contributed by atoms with Gasteiger partial charge in [0.05, 0.1) is 11.1 Å². The summed E-state index contributed by atoms with van der Waals surface area (Å²) >= 11 is 0. The molecule has 31 heavy (non-hydrogen) atoms. The second-order valence-electron chi connectivity index (χ2n) is 8.14. The van der Waals surface area contributed by atoms with E-state index in [0.29, 0.717) is 36.6 Å². The average Bonchev–Trinajstić information content (AvgIpc) is 3.27. The highest BCUT2D eigenvalue weighted by atomic mass is 32.2. The number of nitrogens with zero attached hydrogens (tertiary/aromatic N) is 5. The molecule has 0 saturated heterocycles. The zero-order valence-electron chi connectivity index (χ0n) is 18.7. The van der Waals surface area contributed by atoms with E-state index in [0.717, 1.165) is 49.0 Å². The number of allylic oxidation sites excluding steroid dienone is 1. The van der Waals surface area contributed by atoms with Gasteiger partial charge in [-0.3, -0.25) is 0 Å². The van der Waals surface area contributed by atoms with Crippen LogP contribution in [0.1, 0.15) is 39.0 Å². The topological polar surface area (TPSA) is 98.6 Å². The minimum Gasteiger partial charge on any atom is -0.356 e. The third-order valence-electron chi connectivity index (χ3n) is 5.88. The number of hydrazone groups is 1. The lowest BCUT2D eigenvalue weighted by molar-refractivity contribution is 0.342. The summed E-state index contributed by atoms with van der Waals surface area (Å²) < 4.78 is 18.1. The summed E-state index contributed by atoms with van der Waals surface area (Å²) in [6, 6.07) is 2.47. The molecule has 2 aromatic heterocycles. The van der Waals surface area contributed by atoms with E-state index in [2.05, 4.69) is 55.3 Å². The molecule has 1 aliphatic carbocycles. The van der Waals surface area contributed by atoms with Crippen LogP contribution in [-0.2, 0) is 9.73 Å². The lowest BCUT2D eigenvalue weighted by atomic mass is 9.86. The minimum absolute atomic E-state index is 0.433. The second kappa shape index (κ2) is 11.3. The van der Waals surface area contributed by atoms with Crippen LogP contribution in [0.4, 0.5) is 5.82 Å². The number of hydrogen-bond acceptors (Lipinski definition) is 7. The molecule has 9 heteroatoms. The van der Waals surface area contributed by atoms with Gasteiger partial charge in [0, 0.05) is 54.1 Å². The number of nitrogens with one attached hydrogen (secondary N) is 2. The van der Waals surface area contributed by atoms with Crippen molar-refractivity contribution in [2.24, 2.45) is 15.4 Å². The van der Waals surface area contributed by atoms with Gasteiger partial charge in [-0.05, 0) is 50.2 Å². The summed E-state index contributed by atoms with van der Waals surface area (Å²) in [5.41, 5.74) is 3.82. The van der Waals surface area contributed by atoms with Crippen LogP contribution in [0.15, 0.2) is 40.7 Å². The molecule has 1 fully saturated rings. The SMILES string of the molecule is C=C/C=N\NCCS(=O)(CC1CCC(N(C)c2ncnc3[nH]ccc23)CC1)=NCCC. The number of aromatic amines is 1. The molecule has 1 saturated carbocycles. The zero-order chi connectivity index (χ0) is 22.1. The second-order valence-corrected chi connectivity index (χ2v) is 10.7. The van der Waals surface area contributed by atoms with Gasteiger partial charge in [-0.1, -0.05) is 13.5 Å². The third-order valence-corrected chi connectivity index (χ3v) is 8.37. The monoisotopic (exact) mass is 445 g/mol. The molecule has 1 unspecified atom stereocenters. The van der Waals surface area contributed by atoms with Gasteiger partial charge in [-0.2, -0.15) is 5.10 Å². The number of anilines is 1. The maximum atomic E-state index is 13.5. The van der Waals surface area contributed by atoms with Crippen LogP contribution < -0.4 is 10.3 Å². The highest BCUT2D eigenvalue weighted by molar-refractivity contribution is 7.93. The van der Waals surface area contributed by atoms with Gasteiger partial charge in [0.1, 0.15) is 17.8 Å². The number of rotatable bonds is 11. The van der Waals surface area contributed by atoms with Crippen molar-refractivity contribution in [2.75, 3.05) is 36.5 Å². The Labute approximate surface area is 185 Å². The molecule has 8 nitrogen and oxygen atoms in total. The fourth-order valence-electron chi connectivity index (χ4n) is 4.21. The van der Waals surface area contributed by atoms with Gasteiger partial charge in [0.2, 0.25) is 0 Å². The molecule has 2 heterocycles. The maximum Gasteiger partial charge on any atom is 0.142 e. The summed E-state index contributed by atoms with van der Waals surface area (Å²) in [4.78, 5) is 14.3. The summed E-state index contributed by atoms with van der Waals surface area (Å²) in [5, 5.41) is 5.07. The van der Waals surface area contributed by atoms with E-state index in [4.69, 9.17) is 0 Å². The van der Waals surface area contributed by atoms with E-state index in [1.54, 1.807) is 18.6 Å². The van der Waals surface area contributed by atoms with Crippen LogP contribution in [-0.4, -0.2) is 63.1 Å². The van der Waals surface area contributed by atoms with Crippen molar-refractivity contribution in [3.05, 3.63) is 31.2 Å². The summed E-state index contributed by atoms with van der Waals surface area (Å²) in [5.74, 6) is 2.65. The molecule has 170 valence electrons. The molecule has 0 radical (unpaired) electrons. The smallest absolute Gasteiger partial charge is 0.142 e. The Balaban J connectivity index is 1.58. The van der Waals surface area contributed by atoms with E-state index < -0.39 is 9.73 Å². The van der Waals surface area contributed by atoms with Crippen LogP contribution in [0, 0.1) is 5.92 Å². The van der Waals surface area contributed by atoms with Gasteiger partial charge in [0.15, 0.2) is 0 Å². The van der Waals surface area contributed by atoms with Crippen LogP contribution in [0.2, 0.25) is 0 Å². The largest absolute Gasteiger partial charge is 0.356 e. The van der Waals surface area contributed by atoms with Crippen LogP contribution in [0.5, 0.6) is 0 Å². The van der Waals surface area contributed by atoms with Crippen LogP contribution in [0.25, 0.3) is 11.0 Å². The van der Waals surface area contributed by atoms with E-state index in [-0.39, 0.29) is 0 Å².